The normalized spacial score (nSPS) is 11.6. The highest BCUT2D eigenvalue weighted by atomic mass is 32.1. The van der Waals surface area contributed by atoms with Gasteiger partial charge in [0.25, 0.3) is 0 Å². The molecule has 0 amide bonds. The number of alkyl halides is 3. The van der Waals surface area contributed by atoms with E-state index in [1.807, 2.05) is 12.3 Å². The standard InChI is InChI=1S/C12H10F4N2S/c1-7-6-19-11(18-7)5-17-10-4-8(12(14,15)16)2-3-9(10)13/h2-4,6,17H,5H2,1H3. The number of thiazole rings is 1. The average Bonchev–Trinajstić information content (AvgIpc) is 2.72. The van der Waals surface area contributed by atoms with Crippen molar-refractivity contribution in [2.75, 3.05) is 5.32 Å². The number of nitrogens with one attached hydrogen (secondary N) is 1. The molecule has 19 heavy (non-hydrogen) atoms. The summed E-state index contributed by atoms with van der Waals surface area (Å²) in [6.07, 6.45) is -4.48. The number of aromatic nitrogens is 1. The van der Waals surface area contributed by atoms with Gasteiger partial charge in [0.15, 0.2) is 0 Å². The predicted molar refractivity (Wildman–Crippen MR) is 65.6 cm³/mol. The van der Waals surface area contributed by atoms with E-state index >= 15 is 0 Å². The van der Waals surface area contributed by atoms with Crippen molar-refractivity contribution in [1.82, 2.24) is 4.98 Å². The average molecular weight is 290 g/mol. The summed E-state index contributed by atoms with van der Waals surface area (Å²) in [5.41, 5.74) is -0.235. The fourth-order valence-corrected chi connectivity index (χ4v) is 2.20. The minimum absolute atomic E-state index is 0.178. The summed E-state index contributed by atoms with van der Waals surface area (Å²) in [6.45, 7) is 2.00. The van der Waals surface area contributed by atoms with Crippen LogP contribution in [0.4, 0.5) is 23.2 Å². The summed E-state index contributed by atoms with van der Waals surface area (Å²) in [4.78, 5) is 4.14. The van der Waals surface area contributed by atoms with Gasteiger partial charge >= 0.3 is 6.18 Å². The van der Waals surface area contributed by atoms with Crippen molar-refractivity contribution in [3.63, 3.8) is 0 Å². The van der Waals surface area contributed by atoms with Gasteiger partial charge in [0.2, 0.25) is 0 Å². The van der Waals surface area contributed by atoms with Crippen LogP contribution in [0.5, 0.6) is 0 Å². The molecule has 0 saturated carbocycles. The number of hydrogen-bond donors (Lipinski definition) is 1. The number of benzene rings is 1. The smallest absolute Gasteiger partial charge is 0.376 e. The molecule has 0 aliphatic carbocycles. The van der Waals surface area contributed by atoms with Crippen molar-refractivity contribution in [3.05, 3.63) is 45.7 Å². The van der Waals surface area contributed by atoms with Gasteiger partial charge < -0.3 is 5.32 Å². The van der Waals surface area contributed by atoms with Gasteiger partial charge in [-0.15, -0.1) is 11.3 Å². The van der Waals surface area contributed by atoms with E-state index in [4.69, 9.17) is 0 Å². The number of anilines is 1. The lowest BCUT2D eigenvalue weighted by atomic mass is 10.2. The molecule has 0 aliphatic heterocycles. The van der Waals surface area contributed by atoms with E-state index in [2.05, 4.69) is 10.3 Å². The Morgan fingerprint density at radius 1 is 1.32 bits per heavy atom. The molecule has 1 aromatic carbocycles. The van der Waals surface area contributed by atoms with E-state index < -0.39 is 17.6 Å². The minimum atomic E-state index is -4.48. The Morgan fingerprint density at radius 2 is 2.05 bits per heavy atom. The molecule has 102 valence electrons. The van der Waals surface area contributed by atoms with Gasteiger partial charge in [0.05, 0.1) is 17.8 Å². The van der Waals surface area contributed by atoms with E-state index in [0.717, 1.165) is 17.8 Å². The maximum atomic E-state index is 13.4. The largest absolute Gasteiger partial charge is 0.416 e. The fourth-order valence-electron chi connectivity index (χ4n) is 1.49. The zero-order chi connectivity index (χ0) is 14.0. The van der Waals surface area contributed by atoms with E-state index in [1.165, 1.54) is 11.3 Å². The second-order valence-corrected chi connectivity index (χ2v) is 4.87. The maximum absolute atomic E-state index is 13.4. The van der Waals surface area contributed by atoms with Gasteiger partial charge in [-0.3, -0.25) is 0 Å². The third-order valence-corrected chi connectivity index (χ3v) is 3.36. The number of nitrogens with zero attached hydrogens (tertiary/aromatic N) is 1. The first kappa shape index (κ1) is 13.8. The molecule has 0 radical (unpaired) electrons. The van der Waals surface area contributed by atoms with Crippen LogP contribution >= 0.6 is 11.3 Å². The summed E-state index contributed by atoms with van der Waals surface area (Å²) in [5, 5.41) is 5.14. The molecule has 0 saturated heterocycles. The van der Waals surface area contributed by atoms with E-state index in [1.54, 1.807) is 0 Å². The lowest BCUT2D eigenvalue weighted by Crippen LogP contribution is -2.08. The summed E-state index contributed by atoms with van der Waals surface area (Å²) in [5.74, 6) is -0.721. The molecule has 1 N–H and O–H groups in total. The summed E-state index contributed by atoms with van der Waals surface area (Å²) < 4.78 is 50.9. The summed E-state index contributed by atoms with van der Waals surface area (Å²) in [7, 11) is 0. The second-order valence-electron chi connectivity index (χ2n) is 3.93. The Labute approximate surface area is 111 Å². The highest BCUT2D eigenvalue weighted by Crippen LogP contribution is 2.31. The van der Waals surface area contributed by atoms with Gasteiger partial charge in [0, 0.05) is 11.1 Å². The topological polar surface area (TPSA) is 24.9 Å². The van der Waals surface area contributed by atoms with Gasteiger partial charge in [-0.25, -0.2) is 9.37 Å². The molecular weight excluding hydrogens is 280 g/mol. The Balaban J connectivity index is 2.15. The molecule has 0 spiro atoms. The second kappa shape index (κ2) is 5.16. The highest BCUT2D eigenvalue weighted by Gasteiger charge is 2.31. The Morgan fingerprint density at radius 3 is 2.63 bits per heavy atom. The van der Waals surface area contributed by atoms with Crippen molar-refractivity contribution < 1.29 is 17.6 Å². The zero-order valence-corrected chi connectivity index (χ0v) is 10.7. The Hall–Kier alpha value is -1.63. The van der Waals surface area contributed by atoms with Gasteiger partial charge in [-0.1, -0.05) is 0 Å². The lowest BCUT2D eigenvalue weighted by molar-refractivity contribution is -0.137. The fraction of sp³-hybridized carbons (Fsp3) is 0.250. The van der Waals surface area contributed by atoms with Crippen molar-refractivity contribution in [2.45, 2.75) is 19.6 Å². The van der Waals surface area contributed by atoms with Gasteiger partial charge in [-0.05, 0) is 25.1 Å². The van der Waals surface area contributed by atoms with Crippen LogP contribution in [-0.4, -0.2) is 4.98 Å². The van der Waals surface area contributed by atoms with Crippen LogP contribution in [-0.2, 0) is 12.7 Å². The molecule has 1 aromatic heterocycles. The highest BCUT2D eigenvalue weighted by molar-refractivity contribution is 7.09. The minimum Gasteiger partial charge on any atom is -0.376 e. The van der Waals surface area contributed by atoms with Crippen molar-refractivity contribution >= 4 is 17.0 Å². The molecule has 0 bridgehead atoms. The molecule has 0 fully saturated rings. The molecule has 2 rings (SSSR count). The van der Waals surface area contributed by atoms with Gasteiger partial charge in [0.1, 0.15) is 10.8 Å². The SMILES string of the molecule is Cc1csc(CNc2cc(C(F)(F)F)ccc2F)n1. The summed E-state index contributed by atoms with van der Waals surface area (Å²) >= 11 is 1.37. The van der Waals surface area contributed by atoms with Crippen molar-refractivity contribution in [2.24, 2.45) is 0 Å². The lowest BCUT2D eigenvalue weighted by Gasteiger charge is -2.10. The Bertz CT molecular complexity index is 577. The number of rotatable bonds is 3. The first-order valence-electron chi connectivity index (χ1n) is 5.38. The predicted octanol–water partition coefficient (Wildman–Crippen LogP) is 4.22. The quantitative estimate of drug-likeness (QED) is 0.856. The molecule has 2 aromatic rings. The summed E-state index contributed by atoms with van der Waals surface area (Å²) in [6, 6.07) is 2.28. The van der Waals surface area contributed by atoms with Crippen LogP contribution in [0.1, 0.15) is 16.3 Å². The van der Waals surface area contributed by atoms with E-state index in [9.17, 15) is 17.6 Å². The third kappa shape index (κ3) is 3.44. The molecule has 0 unspecified atom stereocenters. The van der Waals surface area contributed by atoms with E-state index in [-0.39, 0.29) is 12.2 Å². The zero-order valence-electron chi connectivity index (χ0n) is 9.88. The van der Waals surface area contributed by atoms with Crippen LogP contribution in [0.3, 0.4) is 0 Å². The molecule has 0 atom stereocenters. The van der Waals surface area contributed by atoms with Crippen LogP contribution in [0.2, 0.25) is 0 Å². The van der Waals surface area contributed by atoms with Gasteiger partial charge in [-0.2, -0.15) is 13.2 Å². The molecule has 2 nitrogen and oxygen atoms in total. The number of halogens is 4. The molecule has 0 aliphatic rings. The molecule has 7 heteroatoms. The number of hydrogen-bond acceptors (Lipinski definition) is 3. The van der Waals surface area contributed by atoms with E-state index in [0.29, 0.717) is 11.1 Å². The maximum Gasteiger partial charge on any atom is 0.416 e. The first-order valence-corrected chi connectivity index (χ1v) is 6.26. The van der Waals surface area contributed by atoms with Crippen molar-refractivity contribution in [3.8, 4) is 0 Å². The molecular formula is C12H10F4N2S. The third-order valence-electron chi connectivity index (χ3n) is 2.39. The van der Waals surface area contributed by atoms with Crippen LogP contribution in [0.15, 0.2) is 23.6 Å². The Kier molecular flexibility index (Phi) is 3.75. The molecule has 1 heterocycles. The van der Waals surface area contributed by atoms with Crippen molar-refractivity contribution in [1.29, 1.82) is 0 Å². The van der Waals surface area contributed by atoms with Crippen LogP contribution < -0.4 is 5.32 Å². The van der Waals surface area contributed by atoms with Crippen LogP contribution in [0, 0.1) is 12.7 Å². The van der Waals surface area contributed by atoms with Crippen LogP contribution in [0.25, 0.3) is 0 Å². The monoisotopic (exact) mass is 290 g/mol. The number of aryl methyl sites for hydroxylation is 1. The first-order chi connectivity index (χ1) is 8.86.